The molecule has 1 heterocycles. The molecule has 0 aliphatic carbocycles. The number of oxazole rings is 1. The molecule has 0 saturated heterocycles. The van der Waals surface area contributed by atoms with Crippen molar-refractivity contribution >= 4 is 17.6 Å². The van der Waals surface area contributed by atoms with Crippen molar-refractivity contribution in [3.63, 3.8) is 0 Å². The minimum absolute atomic E-state index is 0.138. The smallest absolute Gasteiger partial charge is 0.292 e. The van der Waals surface area contributed by atoms with Crippen LogP contribution in [0.2, 0.25) is 5.02 Å². The van der Waals surface area contributed by atoms with E-state index in [4.69, 9.17) is 26.5 Å². The second-order valence-electron chi connectivity index (χ2n) is 3.30. The third kappa shape index (κ3) is 1.84. The van der Waals surface area contributed by atoms with Crippen LogP contribution >= 0.6 is 11.6 Å². The lowest BCUT2D eigenvalue weighted by Gasteiger charge is -2.04. The predicted molar refractivity (Wildman–Crippen MR) is 62.7 cm³/mol. The number of hydrogen-bond donors (Lipinski definition) is 1. The summed E-state index contributed by atoms with van der Waals surface area (Å²) in [6.07, 6.45) is 0. The average molecular weight is 239 g/mol. The van der Waals surface area contributed by atoms with Crippen LogP contribution in [0.5, 0.6) is 5.75 Å². The first-order valence-corrected chi connectivity index (χ1v) is 5.06. The fraction of sp³-hybridized carbons (Fsp3) is 0.182. The van der Waals surface area contributed by atoms with Gasteiger partial charge in [-0.05, 0) is 25.1 Å². The van der Waals surface area contributed by atoms with Gasteiger partial charge in [-0.3, -0.25) is 0 Å². The molecule has 0 bridgehead atoms. The minimum atomic E-state index is 0.138. The fourth-order valence-corrected chi connectivity index (χ4v) is 1.74. The van der Waals surface area contributed by atoms with Crippen LogP contribution in [0.15, 0.2) is 22.6 Å². The van der Waals surface area contributed by atoms with Crippen molar-refractivity contribution < 1.29 is 9.15 Å². The molecule has 5 heteroatoms. The molecule has 1 aromatic carbocycles. The number of hydrogen-bond acceptors (Lipinski definition) is 4. The lowest BCUT2D eigenvalue weighted by atomic mass is 10.1. The molecule has 2 aromatic rings. The Morgan fingerprint density at radius 3 is 2.69 bits per heavy atom. The number of halogens is 1. The van der Waals surface area contributed by atoms with Crippen LogP contribution in [0.25, 0.3) is 11.3 Å². The Hall–Kier alpha value is -1.68. The zero-order chi connectivity index (χ0) is 11.7. The summed E-state index contributed by atoms with van der Waals surface area (Å²) >= 11 is 6.12. The number of nitrogens with zero attached hydrogens (tertiary/aromatic N) is 1. The summed E-state index contributed by atoms with van der Waals surface area (Å²) in [6.45, 7) is 1.79. The molecule has 4 nitrogen and oxygen atoms in total. The van der Waals surface area contributed by atoms with Gasteiger partial charge < -0.3 is 14.9 Å². The Balaban J connectivity index is 2.52. The number of benzene rings is 1. The molecule has 84 valence electrons. The summed E-state index contributed by atoms with van der Waals surface area (Å²) in [5, 5.41) is 0.552. The predicted octanol–water partition coefficient (Wildman–Crippen LogP) is 2.89. The van der Waals surface area contributed by atoms with Gasteiger partial charge >= 0.3 is 0 Å². The molecule has 0 spiro atoms. The van der Waals surface area contributed by atoms with Gasteiger partial charge in [0.25, 0.3) is 6.01 Å². The Morgan fingerprint density at radius 2 is 2.19 bits per heavy atom. The van der Waals surface area contributed by atoms with Gasteiger partial charge in [0, 0.05) is 5.56 Å². The zero-order valence-electron chi connectivity index (χ0n) is 8.95. The molecule has 0 atom stereocenters. The van der Waals surface area contributed by atoms with E-state index in [0.717, 1.165) is 5.56 Å². The number of aromatic nitrogens is 1. The van der Waals surface area contributed by atoms with Crippen molar-refractivity contribution in [2.24, 2.45) is 0 Å². The Labute approximate surface area is 98.0 Å². The van der Waals surface area contributed by atoms with E-state index in [9.17, 15) is 0 Å². The van der Waals surface area contributed by atoms with Crippen LogP contribution in [-0.2, 0) is 0 Å². The van der Waals surface area contributed by atoms with Crippen LogP contribution in [0.3, 0.4) is 0 Å². The third-order valence-corrected chi connectivity index (χ3v) is 2.56. The van der Waals surface area contributed by atoms with Crippen molar-refractivity contribution in [2.75, 3.05) is 12.8 Å². The maximum absolute atomic E-state index is 6.12. The SMILES string of the molecule is COc1ccc(-c2nc(N)oc2C)c(Cl)c1. The number of methoxy groups -OCH3 is 1. The summed E-state index contributed by atoms with van der Waals surface area (Å²) < 4.78 is 10.2. The van der Waals surface area contributed by atoms with Gasteiger partial charge in [0.05, 0.1) is 12.1 Å². The van der Waals surface area contributed by atoms with Gasteiger partial charge in [-0.1, -0.05) is 11.6 Å². The highest BCUT2D eigenvalue weighted by Crippen LogP contribution is 2.33. The Kier molecular flexibility index (Phi) is 2.75. The molecule has 0 unspecified atom stereocenters. The summed E-state index contributed by atoms with van der Waals surface area (Å²) in [4.78, 5) is 4.08. The first-order valence-electron chi connectivity index (χ1n) is 4.68. The number of ether oxygens (including phenoxy) is 1. The summed E-state index contributed by atoms with van der Waals surface area (Å²) in [5.74, 6) is 1.34. The standard InChI is InChI=1S/C11H11ClN2O2/c1-6-10(14-11(13)16-6)8-4-3-7(15-2)5-9(8)12/h3-5H,1-2H3,(H2,13,14). The molecule has 2 N–H and O–H groups in total. The third-order valence-electron chi connectivity index (χ3n) is 2.24. The van der Waals surface area contributed by atoms with Crippen LogP contribution in [-0.4, -0.2) is 12.1 Å². The molecule has 16 heavy (non-hydrogen) atoms. The molecule has 0 aliphatic heterocycles. The first-order chi connectivity index (χ1) is 7.61. The highest BCUT2D eigenvalue weighted by Gasteiger charge is 2.13. The van der Waals surface area contributed by atoms with Gasteiger partial charge in [0.15, 0.2) is 0 Å². The van der Waals surface area contributed by atoms with Crippen LogP contribution < -0.4 is 10.5 Å². The number of rotatable bonds is 2. The molecular weight excluding hydrogens is 228 g/mol. The summed E-state index contributed by atoms with van der Waals surface area (Å²) in [5.41, 5.74) is 6.91. The Bertz CT molecular complexity index is 523. The van der Waals surface area contributed by atoms with Crippen molar-refractivity contribution in [2.45, 2.75) is 6.92 Å². The van der Waals surface area contributed by atoms with Crippen molar-refractivity contribution in [3.8, 4) is 17.0 Å². The van der Waals surface area contributed by atoms with E-state index in [0.29, 0.717) is 22.2 Å². The molecule has 2 rings (SSSR count). The quantitative estimate of drug-likeness (QED) is 0.874. The highest BCUT2D eigenvalue weighted by molar-refractivity contribution is 6.33. The van der Waals surface area contributed by atoms with Gasteiger partial charge in [0.1, 0.15) is 17.2 Å². The van der Waals surface area contributed by atoms with Gasteiger partial charge in [-0.15, -0.1) is 0 Å². The molecule has 0 saturated carbocycles. The second kappa shape index (κ2) is 4.06. The van der Waals surface area contributed by atoms with Crippen molar-refractivity contribution in [1.82, 2.24) is 4.98 Å². The molecule has 1 aromatic heterocycles. The largest absolute Gasteiger partial charge is 0.497 e. The topological polar surface area (TPSA) is 61.3 Å². The number of aryl methyl sites for hydroxylation is 1. The summed E-state index contributed by atoms with van der Waals surface area (Å²) in [6, 6.07) is 5.50. The van der Waals surface area contributed by atoms with E-state index >= 15 is 0 Å². The molecule has 0 radical (unpaired) electrons. The van der Waals surface area contributed by atoms with E-state index in [-0.39, 0.29) is 6.01 Å². The maximum Gasteiger partial charge on any atom is 0.292 e. The van der Waals surface area contributed by atoms with Crippen LogP contribution in [0.1, 0.15) is 5.76 Å². The number of nitrogens with two attached hydrogens (primary N) is 1. The second-order valence-corrected chi connectivity index (χ2v) is 3.71. The van der Waals surface area contributed by atoms with Crippen LogP contribution in [0, 0.1) is 6.92 Å². The fourth-order valence-electron chi connectivity index (χ4n) is 1.48. The maximum atomic E-state index is 6.12. The lowest BCUT2D eigenvalue weighted by Crippen LogP contribution is -1.87. The minimum Gasteiger partial charge on any atom is -0.497 e. The number of nitrogen functional groups attached to an aromatic ring is 1. The monoisotopic (exact) mass is 238 g/mol. The normalized spacial score (nSPS) is 10.4. The van der Waals surface area contributed by atoms with E-state index in [1.54, 1.807) is 20.1 Å². The van der Waals surface area contributed by atoms with Gasteiger partial charge in [0.2, 0.25) is 0 Å². The van der Waals surface area contributed by atoms with E-state index in [1.165, 1.54) is 0 Å². The highest BCUT2D eigenvalue weighted by atomic mass is 35.5. The molecule has 0 fully saturated rings. The van der Waals surface area contributed by atoms with Crippen LogP contribution in [0.4, 0.5) is 6.01 Å². The van der Waals surface area contributed by atoms with E-state index < -0.39 is 0 Å². The lowest BCUT2D eigenvalue weighted by molar-refractivity contribution is 0.415. The van der Waals surface area contributed by atoms with Crippen molar-refractivity contribution in [3.05, 3.63) is 29.0 Å². The van der Waals surface area contributed by atoms with Crippen molar-refractivity contribution in [1.29, 1.82) is 0 Å². The first kappa shape index (κ1) is 10.8. The Morgan fingerprint density at radius 1 is 1.44 bits per heavy atom. The van der Waals surface area contributed by atoms with Gasteiger partial charge in [-0.2, -0.15) is 4.98 Å². The average Bonchev–Trinajstić information content (AvgIpc) is 2.57. The summed E-state index contributed by atoms with van der Waals surface area (Å²) in [7, 11) is 1.59. The molecular formula is C11H11ClN2O2. The number of anilines is 1. The van der Waals surface area contributed by atoms with E-state index in [2.05, 4.69) is 4.98 Å². The van der Waals surface area contributed by atoms with E-state index in [1.807, 2.05) is 12.1 Å². The zero-order valence-corrected chi connectivity index (χ0v) is 9.71. The van der Waals surface area contributed by atoms with Gasteiger partial charge in [-0.25, -0.2) is 0 Å². The molecule has 0 aliphatic rings. The molecule has 0 amide bonds.